The van der Waals surface area contributed by atoms with Gasteiger partial charge in [-0.25, -0.2) is 4.39 Å². The van der Waals surface area contributed by atoms with Gasteiger partial charge in [0.05, 0.1) is 0 Å². The van der Waals surface area contributed by atoms with Crippen LogP contribution in [-0.4, -0.2) is 43.9 Å². The fraction of sp³-hybridized carbons (Fsp3) is 0.450. The Balaban J connectivity index is 0.00000261. The van der Waals surface area contributed by atoms with E-state index in [0.29, 0.717) is 19.8 Å². The molecule has 1 saturated heterocycles. The molecule has 0 atom stereocenters. The summed E-state index contributed by atoms with van der Waals surface area (Å²) in [6, 6.07) is 11.0. The van der Waals surface area contributed by atoms with Gasteiger partial charge < -0.3 is 19.9 Å². The molecule has 3 rings (SSSR count). The molecule has 0 amide bonds. The molecule has 1 aromatic heterocycles. The summed E-state index contributed by atoms with van der Waals surface area (Å²) in [5.41, 5.74) is 0.884. The molecule has 0 bridgehead atoms. The summed E-state index contributed by atoms with van der Waals surface area (Å²) >= 11 is 0. The smallest absolute Gasteiger partial charge is 0.191 e. The summed E-state index contributed by atoms with van der Waals surface area (Å²) in [5, 5.41) is 6.77. The van der Waals surface area contributed by atoms with Crippen LogP contribution in [0, 0.1) is 5.82 Å². The number of nitrogens with one attached hydrogen (secondary N) is 2. The number of ether oxygens (including phenoxy) is 1. The molecule has 1 aliphatic heterocycles. The number of benzene rings is 1. The second-order valence-electron chi connectivity index (χ2n) is 6.68. The zero-order valence-corrected chi connectivity index (χ0v) is 18.0. The minimum atomic E-state index is -0.192. The number of hydrogen-bond donors (Lipinski definition) is 2. The molecule has 2 heterocycles. The summed E-state index contributed by atoms with van der Waals surface area (Å²) in [5.74, 6) is 0.571. The van der Waals surface area contributed by atoms with Gasteiger partial charge in [0.2, 0.25) is 0 Å². The van der Waals surface area contributed by atoms with Crippen molar-refractivity contribution in [3.05, 3.63) is 60.2 Å². The molecule has 27 heavy (non-hydrogen) atoms. The molecular weight excluding hydrogens is 458 g/mol. The number of hydrogen-bond acceptors (Lipinski definition) is 2. The van der Waals surface area contributed by atoms with E-state index < -0.39 is 0 Å². The largest absolute Gasteiger partial charge is 0.381 e. The van der Waals surface area contributed by atoms with E-state index in [0.717, 1.165) is 37.5 Å². The van der Waals surface area contributed by atoms with Gasteiger partial charge in [-0.3, -0.25) is 4.99 Å². The van der Waals surface area contributed by atoms with Gasteiger partial charge in [0.25, 0.3) is 0 Å². The van der Waals surface area contributed by atoms with E-state index in [2.05, 4.69) is 20.2 Å². The molecule has 0 saturated carbocycles. The lowest BCUT2D eigenvalue weighted by Crippen LogP contribution is -2.48. The zero-order valence-electron chi connectivity index (χ0n) is 15.7. The third-order valence-electron chi connectivity index (χ3n) is 5.03. The Morgan fingerprint density at radius 3 is 2.59 bits per heavy atom. The highest BCUT2D eigenvalue weighted by Gasteiger charge is 2.34. The summed E-state index contributed by atoms with van der Waals surface area (Å²) in [4.78, 5) is 4.31. The van der Waals surface area contributed by atoms with Gasteiger partial charge in [-0.15, -0.1) is 24.0 Å². The number of nitrogens with zero attached hydrogens (tertiary/aromatic N) is 2. The van der Waals surface area contributed by atoms with Gasteiger partial charge >= 0.3 is 0 Å². The third-order valence-corrected chi connectivity index (χ3v) is 5.03. The van der Waals surface area contributed by atoms with Crippen LogP contribution in [0.15, 0.2) is 53.8 Å². The topological polar surface area (TPSA) is 50.6 Å². The van der Waals surface area contributed by atoms with E-state index in [1.807, 2.05) is 30.6 Å². The first kappa shape index (κ1) is 21.7. The van der Waals surface area contributed by atoms with Gasteiger partial charge in [0.15, 0.2) is 5.96 Å². The molecule has 1 aliphatic rings. The van der Waals surface area contributed by atoms with E-state index in [1.54, 1.807) is 19.2 Å². The second-order valence-corrected chi connectivity index (χ2v) is 6.68. The van der Waals surface area contributed by atoms with Crippen molar-refractivity contribution in [2.45, 2.75) is 24.8 Å². The molecule has 1 fully saturated rings. The van der Waals surface area contributed by atoms with Crippen LogP contribution < -0.4 is 10.6 Å². The molecule has 2 aromatic rings. The first-order valence-electron chi connectivity index (χ1n) is 9.11. The van der Waals surface area contributed by atoms with Crippen LogP contribution in [-0.2, 0) is 16.7 Å². The first-order valence-corrected chi connectivity index (χ1v) is 9.11. The minimum absolute atomic E-state index is 0. The number of guanidine groups is 1. The number of aliphatic imine (C=N–C) groups is 1. The molecule has 1 aromatic carbocycles. The van der Waals surface area contributed by atoms with Crippen molar-refractivity contribution in [3.8, 4) is 0 Å². The SMILES string of the molecule is CN=C(NCCn1cccc1)NCC1(c2cccc(F)c2)CCOCC1.I. The van der Waals surface area contributed by atoms with E-state index in [4.69, 9.17) is 4.74 Å². The molecular formula is C20H28FIN4O. The highest BCUT2D eigenvalue weighted by atomic mass is 127. The molecule has 0 spiro atoms. The second kappa shape index (κ2) is 10.7. The summed E-state index contributed by atoms with van der Waals surface area (Å²) < 4.78 is 21.4. The van der Waals surface area contributed by atoms with Crippen molar-refractivity contribution in [3.63, 3.8) is 0 Å². The Labute approximate surface area is 177 Å². The normalized spacial score (nSPS) is 16.4. The lowest BCUT2D eigenvalue weighted by molar-refractivity contribution is 0.0513. The van der Waals surface area contributed by atoms with Gasteiger partial charge in [-0.1, -0.05) is 12.1 Å². The predicted octanol–water partition coefficient (Wildman–Crippen LogP) is 3.16. The average Bonchev–Trinajstić information content (AvgIpc) is 3.19. The summed E-state index contributed by atoms with van der Waals surface area (Å²) in [7, 11) is 1.77. The van der Waals surface area contributed by atoms with Crippen molar-refractivity contribution in [1.29, 1.82) is 0 Å². The van der Waals surface area contributed by atoms with Crippen molar-refractivity contribution >= 4 is 29.9 Å². The molecule has 0 radical (unpaired) electrons. The number of halogens is 2. The quantitative estimate of drug-likeness (QED) is 0.375. The van der Waals surface area contributed by atoms with E-state index >= 15 is 0 Å². The standard InChI is InChI=1S/C20H27FN4O.HI/c1-22-19(23-9-12-25-10-2-3-11-25)24-16-20(7-13-26-14-8-20)17-5-4-6-18(21)15-17;/h2-6,10-11,15H,7-9,12-14,16H2,1H3,(H2,22,23,24);1H. The first-order chi connectivity index (χ1) is 12.7. The predicted molar refractivity (Wildman–Crippen MR) is 117 cm³/mol. The van der Waals surface area contributed by atoms with Crippen LogP contribution >= 0.6 is 24.0 Å². The monoisotopic (exact) mass is 486 g/mol. The van der Waals surface area contributed by atoms with Crippen LogP contribution in [0.5, 0.6) is 0 Å². The molecule has 7 heteroatoms. The van der Waals surface area contributed by atoms with Crippen molar-refractivity contribution in [2.24, 2.45) is 4.99 Å². The van der Waals surface area contributed by atoms with E-state index in [-0.39, 0.29) is 35.2 Å². The van der Waals surface area contributed by atoms with Crippen LogP contribution in [0.3, 0.4) is 0 Å². The van der Waals surface area contributed by atoms with Crippen molar-refractivity contribution in [2.75, 3.05) is 33.4 Å². The minimum Gasteiger partial charge on any atom is -0.381 e. The maximum atomic E-state index is 13.8. The van der Waals surface area contributed by atoms with Crippen LogP contribution in [0.2, 0.25) is 0 Å². The van der Waals surface area contributed by atoms with Crippen LogP contribution in [0.1, 0.15) is 18.4 Å². The maximum absolute atomic E-state index is 13.8. The van der Waals surface area contributed by atoms with Crippen LogP contribution in [0.25, 0.3) is 0 Å². The van der Waals surface area contributed by atoms with Crippen molar-refractivity contribution in [1.82, 2.24) is 15.2 Å². The van der Waals surface area contributed by atoms with Gasteiger partial charge in [0.1, 0.15) is 5.82 Å². The maximum Gasteiger partial charge on any atom is 0.191 e. The highest BCUT2D eigenvalue weighted by molar-refractivity contribution is 14.0. The average molecular weight is 486 g/mol. The van der Waals surface area contributed by atoms with E-state index in [1.165, 1.54) is 6.07 Å². The molecule has 0 aliphatic carbocycles. The molecule has 0 unspecified atom stereocenters. The zero-order chi connectivity index (χ0) is 18.2. The van der Waals surface area contributed by atoms with Gasteiger partial charge in [-0.05, 0) is 42.7 Å². The van der Waals surface area contributed by atoms with Gasteiger partial charge in [-0.2, -0.15) is 0 Å². The molecule has 148 valence electrons. The summed E-state index contributed by atoms with van der Waals surface area (Å²) in [6.07, 6.45) is 5.81. The Bertz CT molecular complexity index is 715. The number of aromatic nitrogens is 1. The van der Waals surface area contributed by atoms with Crippen LogP contribution in [0.4, 0.5) is 4.39 Å². The lowest BCUT2D eigenvalue weighted by atomic mass is 9.74. The number of rotatable bonds is 6. The molecule has 5 nitrogen and oxygen atoms in total. The Morgan fingerprint density at radius 2 is 1.93 bits per heavy atom. The highest BCUT2D eigenvalue weighted by Crippen LogP contribution is 2.34. The van der Waals surface area contributed by atoms with Crippen molar-refractivity contribution < 1.29 is 9.13 Å². The Kier molecular flexibility index (Phi) is 8.56. The van der Waals surface area contributed by atoms with Gasteiger partial charge in [0, 0.05) is 57.7 Å². The summed E-state index contributed by atoms with van der Waals surface area (Å²) in [6.45, 7) is 3.74. The Hall–Kier alpha value is -1.61. The Morgan fingerprint density at radius 1 is 1.19 bits per heavy atom. The molecule has 2 N–H and O–H groups in total. The fourth-order valence-corrected chi connectivity index (χ4v) is 3.44. The third kappa shape index (κ3) is 5.93. The lowest BCUT2D eigenvalue weighted by Gasteiger charge is -2.38. The van der Waals surface area contributed by atoms with E-state index in [9.17, 15) is 4.39 Å². The fourth-order valence-electron chi connectivity index (χ4n) is 3.44.